The molecule has 2 N–H and O–H groups in total. The molecule has 102 valence electrons. The predicted octanol–water partition coefficient (Wildman–Crippen LogP) is 2.76. The summed E-state index contributed by atoms with van der Waals surface area (Å²) in [5.41, 5.74) is 6.39. The van der Waals surface area contributed by atoms with Crippen LogP contribution in [0.2, 0.25) is 0 Å². The van der Waals surface area contributed by atoms with Gasteiger partial charge in [-0.1, -0.05) is 5.16 Å². The molecule has 0 saturated heterocycles. The summed E-state index contributed by atoms with van der Waals surface area (Å²) in [5, 5.41) is 5.75. The zero-order valence-corrected chi connectivity index (χ0v) is 12.0. The van der Waals surface area contributed by atoms with E-state index in [1.165, 1.54) is 18.3 Å². The van der Waals surface area contributed by atoms with Gasteiger partial charge in [-0.2, -0.15) is 4.98 Å². The van der Waals surface area contributed by atoms with Gasteiger partial charge in [0.05, 0.1) is 10.4 Å². The van der Waals surface area contributed by atoms with Crippen LogP contribution in [0.15, 0.2) is 16.0 Å². The van der Waals surface area contributed by atoms with Crippen molar-refractivity contribution in [2.75, 3.05) is 0 Å². The number of carbonyl (C=O) groups excluding carboxylic acids is 1. The number of carbonyl (C=O) groups is 1. The van der Waals surface area contributed by atoms with Gasteiger partial charge in [0.15, 0.2) is 11.6 Å². The fourth-order valence-corrected chi connectivity index (χ4v) is 2.81. The van der Waals surface area contributed by atoms with E-state index in [0.29, 0.717) is 17.3 Å². The van der Waals surface area contributed by atoms with Gasteiger partial charge in [-0.3, -0.25) is 4.79 Å². The lowest BCUT2D eigenvalue weighted by Gasteiger charge is -2.34. The molecule has 0 spiro atoms. The van der Waals surface area contributed by atoms with E-state index < -0.39 is 5.54 Å². The van der Waals surface area contributed by atoms with E-state index in [2.05, 4.69) is 10.1 Å². The van der Waals surface area contributed by atoms with Gasteiger partial charge in [0, 0.05) is 10.9 Å². The highest BCUT2D eigenvalue weighted by atomic mass is 35.5. The van der Waals surface area contributed by atoms with Gasteiger partial charge in [0.1, 0.15) is 0 Å². The molecular formula is C12H14ClN3O2S. The lowest BCUT2D eigenvalue weighted by Crippen LogP contribution is -2.44. The summed E-state index contributed by atoms with van der Waals surface area (Å²) in [4.78, 5) is 16.4. The van der Waals surface area contributed by atoms with E-state index in [1.807, 2.05) is 0 Å². The maximum Gasteiger partial charge on any atom is 0.268 e. The van der Waals surface area contributed by atoms with Crippen molar-refractivity contribution in [2.24, 2.45) is 5.73 Å². The van der Waals surface area contributed by atoms with Crippen LogP contribution in [0.5, 0.6) is 0 Å². The normalized spacial score (nSPS) is 16.5. The van der Waals surface area contributed by atoms with Crippen molar-refractivity contribution < 1.29 is 9.32 Å². The number of Topliss-reactive ketones (excluding diaryl/α,β-unsaturated/α-hetero) is 1. The van der Waals surface area contributed by atoms with E-state index in [0.717, 1.165) is 24.1 Å². The first-order chi connectivity index (χ1) is 8.58. The van der Waals surface area contributed by atoms with Crippen molar-refractivity contribution in [1.29, 1.82) is 0 Å². The van der Waals surface area contributed by atoms with Crippen molar-refractivity contribution >= 4 is 29.5 Å². The first-order valence-electron chi connectivity index (χ1n) is 5.81. The van der Waals surface area contributed by atoms with Crippen molar-refractivity contribution in [3.05, 3.63) is 22.8 Å². The summed E-state index contributed by atoms with van der Waals surface area (Å²) in [7, 11) is 0. The summed E-state index contributed by atoms with van der Waals surface area (Å²) in [6.45, 7) is 1.54. The first-order valence-corrected chi connectivity index (χ1v) is 6.69. The van der Waals surface area contributed by atoms with Crippen molar-refractivity contribution in [3.63, 3.8) is 0 Å². The van der Waals surface area contributed by atoms with Crippen molar-refractivity contribution in [1.82, 2.24) is 10.1 Å². The van der Waals surface area contributed by atoms with Gasteiger partial charge in [-0.05, 0) is 32.3 Å². The van der Waals surface area contributed by atoms with E-state index in [9.17, 15) is 4.79 Å². The van der Waals surface area contributed by atoms with Crippen LogP contribution in [0, 0.1) is 0 Å². The van der Waals surface area contributed by atoms with Crippen LogP contribution < -0.4 is 5.73 Å². The van der Waals surface area contributed by atoms with Crippen molar-refractivity contribution in [3.8, 4) is 10.8 Å². The van der Waals surface area contributed by atoms with E-state index in [1.54, 1.807) is 11.4 Å². The Morgan fingerprint density at radius 1 is 1.53 bits per heavy atom. The zero-order chi connectivity index (χ0) is 12.8. The maximum atomic E-state index is 11.2. The second-order valence-electron chi connectivity index (χ2n) is 4.69. The Kier molecular flexibility index (Phi) is 3.75. The molecule has 0 aliphatic heterocycles. The lowest BCUT2D eigenvalue weighted by atomic mass is 9.77. The highest BCUT2D eigenvalue weighted by Crippen LogP contribution is 2.38. The number of ketones is 1. The maximum absolute atomic E-state index is 11.2. The second-order valence-corrected chi connectivity index (χ2v) is 5.60. The van der Waals surface area contributed by atoms with E-state index >= 15 is 0 Å². The Balaban J connectivity index is 0.00000133. The molecule has 2 aromatic heterocycles. The van der Waals surface area contributed by atoms with Crippen LogP contribution in [-0.2, 0) is 5.54 Å². The number of hydrogen-bond acceptors (Lipinski definition) is 6. The standard InChI is InChI=1S/C12H13N3O2S.ClH/c1-7(16)8-5-9(18-6-8)10-14-11(15-17-10)12(13)3-2-4-12;/h5-6H,2-4,13H2,1H3;1H. The third-order valence-corrected chi connectivity index (χ3v) is 4.25. The highest BCUT2D eigenvalue weighted by molar-refractivity contribution is 7.13. The molecule has 1 saturated carbocycles. The van der Waals surface area contributed by atoms with Crippen LogP contribution >= 0.6 is 23.7 Å². The second kappa shape index (κ2) is 5.03. The van der Waals surface area contributed by atoms with Gasteiger partial charge in [0.2, 0.25) is 0 Å². The fraction of sp³-hybridized carbons (Fsp3) is 0.417. The Morgan fingerprint density at radius 2 is 2.26 bits per heavy atom. The van der Waals surface area contributed by atoms with Gasteiger partial charge >= 0.3 is 0 Å². The topological polar surface area (TPSA) is 82.0 Å². The zero-order valence-electron chi connectivity index (χ0n) is 10.4. The summed E-state index contributed by atoms with van der Waals surface area (Å²) >= 11 is 1.42. The van der Waals surface area contributed by atoms with Crippen LogP contribution in [0.3, 0.4) is 0 Å². The summed E-state index contributed by atoms with van der Waals surface area (Å²) in [6.07, 6.45) is 2.90. The SMILES string of the molecule is CC(=O)c1csc(-c2nc(C3(N)CCC3)no2)c1.Cl. The number of halogens is 1. The Labute approximate surface area is 120 Å². The minimum absolute atomic E-state index is 0. The van der Waals surface area contributed by atoms with Gasteiger partial charge in [0.25, 0.3) is 5.89 Å². The summed E-state index contributed by atoms with van der Waals surface area (Å²) in [5.74, 6) is 1.05. The van der Waals surface area contributed by atoms with Crippen LogP contribution in [0.4, 0.5) is 0 Å². The third-order valence-electron chi connectivity index (χ3n) is 3.33. The predicted molar refractivity (Wildman–Crippen MR) is 74.6 cm³/mol. The first kappa shape index (κ1) is 14.2. The largest absolute Gasteiger partial charge is 0.333 e. The molecule has 0 atom stereocenters. The smallest absolute Gasteiger partial charge is 0.268 e. The quantitative estimate of drug-likeness (QED) is 0.881. The number of aromatic nitrogens is 2. The molecule has 0 unspecified atom stereocenters. The van der Waals surface area contributed by atoms with E-state index in [4.69, 9.17) is 10.3 Å². The average Bonchev–Trinajstić information content (AvgIpc) is 2.94. The minimum Gasteiger partial charge on any atom is -0.333 e. The number of nitrogens with two attached hydrogens (primary N) is 1. The summed E-state index contributed by atoms with van der Waals surface area (Å²) < 4.78 is 5.22. The molecule has 1 aliphatic carbocycles. The van der Waals surface area contributed by atoms with Crippen molar-refractivity contribution in [2.45, 2.75) is 31.7 Å². The van der Waals surface area contributed by atoms with Crippen LogP contribution in [-0.4, -0.2) is 15.9 Å². The Hall–Kier alpha value is -1.24. The number of hydrogen-bond donors (Lipinski definition) is 1. The average molecular weight is 300 g/mol. The molecular weight excluding hydrogens is 286 g/mol. The van der Waals surface area contributed by atoms with Crippen LogP contribution in [0.25, 0.3) is 10.8 Å². The monoisotopic (exact) mass is 299 g/mol. The molecule has 0 bridgehead atoms. The molecule has 5 nitrogen and oxygen atoms in total. The fourth-order valence-electron chi connectivity index (χ4n) is 1.94. The van der Waals surface area contributed by atoms with E-state index in [-0.39, 0.29) is 18.2 Å². The molecule has 19 heavy (non-hydrogen) atoms. The highest BCUT2D eigenvalue weighted by Gasteiger charge is 2.39. The molecule has 0 radical (unpaired) electrons. The third kappa shape index (κ3) is 2.43. The number of thiophene rings is 1. The number of rotatable bonds is 3. The Bertz CT molecular complexity index is 604. The molecule has 1 aliphatic rings. The molecule has 2 aromatic rings. The molecule has 1 fully saturated rings. The molecule has 7 heteroatoms. The number of nitrogens with zero attached hydrogens (tertiary/aromatic N) is 2. The molecule has 0 amide bonds. The van der Waals surface area contributed by atoms with Gasteiger partial charge in [-0.25, -0.2) is 0 Å². The molecule has 2 heterocycles. The Morgan fingerprint density at radius 3 is 2.79 bits per heavy atom. The minimum atomic E-state index is -0.414. The summed E-state index contributed by atoms with van der Waals surface area (Å²) in [6, 6.07) is 1.77. The molecule has 3 rings (SSSR count). The van der Waals surface area contributed by atoms with Gasteiger partial charge < -0.3 is 10.3 Å². The van der Waals surface area contributed by atoms with Crippen LogP contribution in [0.1, 0.15) is 42.4 Å². The van der Waals surface area contributed by atoms with Gasteiger partial charge in [-0.15, -0.1) is 23.7 Å². The lowest BCUT2D eigenvalue weighted by molar-refractivity contribution is 0.101. The molecule has 0 aromatic carbocycles.